The van der Waals surface area contributed by atoms with E-state index in [2.05, 4.69) is 4.98 Å². The number of benzene rings is 1. The first-order chi connectivity index (χ1) is 10.1. The molecule has 6 nitrogen and oxygen atoms in total. The molecule has 1 aromatic carbocycles. The zero-order valence-corrected chi connectivity index (χ0v) is 11.7. The molecule has 21 heavy (non-hydrogen) atoms. The molecule has 0 radical (unpaired) electrons. The van der Waals surface area contributed by atoms with Crippen LogP contribution in [0, 0.1) is 17.0 Å². The zero-order chi connectivity index (χ0) is 15.0. The summed E-state index contributed by atoms with van der Waals surface area (Å²) >= 11 is 6.05. The minimum atomic E-state index is -0.529. The Hall–Kier alpha value is -2.60. The summed E-state index contributed by atoms with van der Waals surface area (Å²) in [6, 6.07) is 10.3. The molecule has 0 saturated carbocycles. The molecule has 3 aromatic rings. The van der Waals surface area contributed by atoms with Crippen molar-refractivity contribution >= 4 is 23.1 Å². The van der Waals surface area contributed by atoms with Crippen molar-refractivity contribution in [3.05, 3.63) is 63.3 Å². The number of aryl methyl sites for hydroxylation is 1. The number of hydrogen-bond donors (Lipinski definition) is 0. The van der Waals surface area contributed by atoms with Crippen LogP contribution in [-0.2, 0) is 0 Å². The summed E-state index contributed by atoms with van der Waals surface area (Å²) in [4.78, 5) is 14.9. The second kappa shape index (κ2) is 5.06. The topological polar surface area (TPSA) is 69.7 Å². The maximum absolute atomic E-state index is 11.3. The summed E-state index contributed by atoms with van der Waals surface area (Å²) in [5.41, 5.74) is 1.36. The highest BCUT2D eigenvalue weighted by Crippen LogP contribution is 2.35. The Labute approximate surface area is 124 Å². The predicted molar refractivity (Wildman–Crippen MR) is 78.1 cm³/mol. The largest absolute Gasteiger partial charge is 0.431 e. The van der Waals surface area contributed by atoms with Crippen LogP contribution < -0.4 is 4.74 Å². The standard InChI is InChI=1S/C14H10ClN3O3/c1-9-5-6-10(15)11(8-9)21-13-14(18(19)20)17-7-3-2-4-12(17)16-13/h2-8H,1H3. The van der Waals surface area contributed by atoms with Crippen LogP contribution >= 0.6 is 11.6 Å². The predicted octanol–water partition coefficient (Wildman–Crippen LogP) is 4.00. The average Bonchev–Trinajstić information content (AvgIpc) is 2.80. The van der Waals surface area contributed by atoms with Crippen LogP contribution in [0.5, 0.6) is 11.6 Å². The summed E-state index contributed by atoms with van der Waals surface area (Å²) < 4.78 is 6.92. The minimum Gasteiger partial charge on any atom is -0.431 e. The van der Waals surface area contributed by atoms with E-state index in [0.29, 0.717) is 16.4 Å². The quantitative estimate of drug-likeness (QED) is 0.541. The lowest BCUT2D eigenvalue weighted by atomic mass is 10.2. The van der Waals surface area contributed by atoms with Crippen LogP contribution in [0.4, 0.5) is 5.82 Å². The van der Waals surface area contributed by atoms with Gasteiger partial charge in [-0.2, -0.15) is 9.38 Å². The monoisotopic (exact) mass is 303 g/mol. The highest BCUT2D eigenvalue weighted by atomic mass is 35.5. The van der Waals surface area contributed by atoms with Crippen molar-refractivity contribution in [3.63, 3.8) is 0 Å². The van der Waals surface area contributed by atoms with Crippen LogP contribution in [0.2, 0.25) is 5.02 Å². The van der Waals surface area contributed by atoms with Gasteiger partial charge in [0.15, 0.2) is 0 Å². The summed E-state index contributed by atoms with van der Waals surface area (Å²) in [5, 5.41) is 11.6. The maximum atomic E-state index is 11.3. The number of aromatic nitrogens is 2. The Balaban J connectivity index is 2.14. The Bertz CT molecular complexity index is 845. The van der Waals surface area contributed by atoms with Crippen LogP contribution in [-0.4, -0.2) is 14.3 Å². The van der Waals surface area contributed by atoms with Gasteiger partial charge in [0, 0.05) is 6.07 Å². The third kappa shape index (κ3) is 2.41. The molecule has 0 fully saturated rings. The minimum absolute atomic E-state index is 0.0845. The molecule has 2 aromatic heterocycles. The summed E-state index contributed by atoms with van der Waals surface area (Å²) in [6.45, 7) is 1.88. The number of rotatable bonds is 3. The van der Waals surface area contributed by atoms with Crippen LogP contribution in [0.1, 0.15) is 5.56 Å². The maximum Gasteiger partial charge on any atom is 0.392 e. The second-order valence-corrected chi connectivity index (χ2v) is 4.87. The highest BCUT2D eigenvalue weighted by Gasteiger charge is 2.25. The molecule has 0 amide bonds. The van der Waals surface area contributed by atoms with Crippen LogP contribution in [0.15, 0.2) is 42.6 Å². The Morgan fingerprint density at radius 1 is 1.33 bits per heavy atom. The molecule has 0 N–H and O–H groups in total. The summed E-state index contributed by atoms with van der Waals surface area (Å²) in [6.07, 6.45) is 1.56. The van der Waals surface area contributed by atoms with E-state index in [1.165, 1.54) is 4.40 Å². The second-order valence-electron chi connectivity index (χ2n) is 4.46. The molecule has 0 bridgehead atoms. The lowest BCUT2D eigenvalue weighted by molar-refractivity contribution is -0.391. The lowest BCUT2D eigenvalue weighted by Crippen LogP contribution is -1.96. The van der Waals surface area contributed by atoms with Gasteiger partial charge < -0.3 is 14.9 Å². The number of imidazole rings is 1. The van der Waals surface area contributed by atoms with E-state index in [4.69, 9.17) is 16.3 Å². The van der Waals surface area contributed by atoms with Gasteiger partial charge in [0.2, 0.25) is 5.65 Å². The molecule has 0 unspecified atom stereocenters. The average molecular weight is 304 g/mol. The molecular weight excluding hydrogens is 294 g/mol. The molecule has 0 saturated heterocycles. The van der Waals surface area contributed by atoms with Gasteiger partial charge in [-0.05, 0) is 35.6 Å². The van der Waals surface area contributed by atoms with Gasteiger partial charge in [-0.25, -0.2) is 0 Å². The van der Waals surface area contributed by atoms with Crippen molar-refractivity contribution in [2.75, 3.05) is 0 Å². The van der Waals surface area contributed by atoms with Gasteiger partial charge >= 0.3 is 11.7 Å². The van der Waals surface area contributed by atoms with Gasteiger partial charge in [0.1, 0.15) is 5.75 Å². The van der Waals surface area contributed by atoms with E-state index in [1.54, 1.807) is 36.5 Å². The first-order valence-corrected chi connectivity index (χ1v) is 6.49. The number of fused-ring (bicyclic) bond motifs is 1. The van der Waals surface area contributed by atoms with Crippen molar-refractivity contribution in [1.29, 1.82) is 0 Å². The zero-order valence-electron chi connectivity index (χ0n) is 11.0. The van der Waals surface area contributed by atoms with E-state index in [-0.39, 0.29) is 11.7 Å². The summed E-state index contributed by atoms with van der Waals surface area (Å²) in [7, 11) is 0. The number of pyridine rings is 1. The van der Waals surface area contributed by atoms with Crippen molar-refractivity contribution in [2.45, 2.75) is 6.92 Å². The third-order valence-electron chi connectivity index (χ3n) is 2.94. The Morgan fingerprint density at radius 2 is 2.14 bits per heavy atom. The molecule has 2 heterocycles. The molecule has 106 valence electrons. The van der Waals surface area contributed by atoms with Gasteiger partial charge in [-0.15, -0.1) is 0 Å². The van der Waals surface area contributed by atoms with E-state index in [9.17, 15) is 10.1 Å². The molecule has 3 rings (SSSR count). The number of nitro groups is 1. The number of nitrogens with zero attached hydrogens (tertiary/aromatic N) is 3. The smallest absolute Gasteiger partial charge is 0.392 e. The first kappa shape index (κ1) is 13.4. The first-order valence-electron chi connectivity index (χ1n) is 6.12. The molecule has 0 atom stereocenters. The van der Waals surface area contributed by atoms with E-state index in [1.807, 2.05) is 13.0 Å². The van der Waals surface area contributed by atoms with Crippen LogP contribution in [0.25, 0.3) is 5.65 Å². The van der Waals surface area contributed by atoms with Gasteiger partial charge in [0.05, 0.1) is 11.2 Å². The fraction of sp³-hybridized carbons (Fsp3) is 0.0714. The molecule has 0 aliphatic carbocycles. The lowest BCUT2D eigenvalue weighted by Gasteiger charge is -2.05. The van der Waals surface area contributed by atoms with Crippen molar-refractivity contribution in [3.8, 4) is 11.6 Å². The number of halogens is 1. The Kier molecular flexibility index (Phi) is 3.23. The van der Waals surface area contributed by atoms with Crippen molar-refractivity contribution < 1.29 is 9.66 Å². The molecular formula is C14H10ClN3O3. The fourth-order valence-corrected chi connectivity index (χ4v) is 2.14. The third-order valence-corrected chi connectivity index (χ3v) is 3.25. The number of ether oxygens (including phenoxy) is 1. The van der Waals surface area contributed by atoms with Crippen molar-refractivity contribution in [2.24, 2.45) is 0 Å². The number of hydrogen-bond acceptors (Lipinski definition) is 4. The SMILES string of the molecule is Cc1ccc(Cl)c(Oc2nc3ccccn3c2[N+](=O)[O-])c1. The molecule has 7 heteroatoms. The van der Waals surface area contributed by atoms with E-state index < -0.39 is 4.92 Å². The van der Waals surface area contributed by atoms with E-state index in [0.717, 1.165) is 5.56 Å². The van der Waals surface area contributed by atoms with E-state index >= 15 is 0 Å². The van der Waals surface area contributed by atoms with Gasteiger partial charge in [-0.1, -0.05) is 23.7 Å². The molecule has 0 aliphatic rings. The van der Waals surface area contributed by atoms with Gasteiger partial charge in [0.25, 0.3) is 0 Å². The normalized spacial score (nSPS) is 10.8. The van der Waals surface area contributed by atoms with Gasteiger partial charge in [-0.3, -0.25) is 0 Å². The highest BCUT2D eigenvalue weighted by molar-refractivity contribution is 6.32. The van der Waals surface area contributed by atoms with Crippen LogP contribution in [0.3, 0.4) is 0 Å². The van der Waals surface area contributed by atoms with Crippen molar-refractivity contribution in [1.82, 2.24) is 9.38 Å². The molecule has 0 aliphatic heterocycles. The Morgan fingerprint density at radius 3 is 2.90 bits per heavy atom. The molecule has 0 spiro atoms. The fourth-order valence-electron chi connectivity index (χ4n) is 1.99. The summed E-state index contributed by atoms with van der Waals surface area (Å²) in [5.74, 6) is 0.0186.